The van der Waals surface area contributed by atoms with E-state index >= 15 is 0 Å². The Bertz CT molecular complexity index is 458. The first-order valence-corrected chi connectivity index (χ1v) is 5.01. The Labute approximate surface area is 81.2 Å². The fraction of sp³-hybridized carbons (Fsp3) is 0.167. The van der Waals surface area contributed by atoms with Gasteiger partial charge in [-0.05, 0) is 47.1 Å². The van der Waals surface area contributed by atoms with Crippen LogP contribution in [0.25, 0.3) is 10.8 Å². The molecule has 66 valence electrons. The standard InChI is InChI=1S/C12H13P/c1-8-4-3-5-10-6-9(2)12(13)7-11(8)10/h3-7H,13H2,1-2H3. The summed E-state index contributed by atoms with van der Waals surface area (Å²) in [5.74, 6) is 0. The molecule has 0 saturated carbocycles. The molecule has 13 heavy (non-hydrogen) atoms. The first-order valence-electron chi connectivity index (χ1n) is 4.44. The molecule has 0 spiro atoms. The molecule has 0 fully saturated rings. The third-order valence-corrected chi connectivity index (χ3v) is 3.11. The molecule has 0 aliphatic carbocycles. The second-order valence-electron chi connectivity index (χ2n) is 3.50. The number of aryl methyl sites for hydroxylation is 2. The van der Waals surface area contributed by atoms with Crippen LogP contribution in [0.4, 0.5) is 0 Å². The highest BCUT2D eigenvalue weighted by Gasteiger charge is 1.99. The summed E-state index contributed by atoms with van der Waals surface area (Å²) in [6, 6.07) is 10.9. The van der Waals surface area contributed by atoms with Crippen molar-refractivity contribution in [2.24, 2.45) is 0 Å². The molecule has 0 saturated heterocycles. The van der Waals surface area contributed by atoms with Gasteiger partial charge in [0.25, 0.3) is 0 Å². The molecule has 1 heteroatoms. The molecule has 0 nitrogen and oxygen atoms in total. The summed E-state index contributed by atoms with van der Waals surface area (Å²) < 4.78 is 0. The Balaban J connectivity index is 2.89. The summed E-state index contributed by atoms with van der Waals surface area (Å²) in [5.41, 5.74) is 2.68. The lowest BCUT2D eigenvalue weighted by Gasteiger charge is -2.05. The van der Waals surface area contributed by atoms with E-state index in [1.165, 1.54) is 27.2 Å². The molecule has 0 aromatic heterocycles. The van der Waals surface area contributed by atoms with Crippen molar-refractivity contribution in [3.63, 3.8) is 0 Å². The highest BCUT2D eigenvalue weighted by atomic mass is 31.0. The fourth-order valence-corrected chi connectivity index (χ4v) is 1.86. The van der Waals surface area contributed by atoms with Gasteiger partial charge in [-0.2, -0.15) is 0 Å². The minimum absolute atomic E-state index is 1.29. The van der Waals surface area contributed by atoms with Crippen molar-refractivity contribution in [1.82, 2.24) is 0 Å². The topological polar surface area (TPSA) is 0 Å². The zero-order valence-corrected chi connectivity index (χ0v) is 9.12. The first kappa shape index (κ1) is 8.72. The lowest BCUT2D eigenvalue weighted by Crippen LogP contribution is -1.96. The molecule has 0 aliphatic rings. The van der Waals surface area contributed by atoms with Gasteiger partial charge in [0.15, 0.2) is 0 Å². The van der Waals surface area contributed by atoms with Gasteiger partial charge in [-0.15, -0.1) is 9.24 Å². The summed E-state index contributed by atoms with van der Waals surface area (Å²) in [7, 11) is 2.78. The van der Waals surface area contributed by atoms with Gasteiger partial charge in [0.1, 0.15) is 0 Å². The van der Waals surface area contributed by atoms with Crippen molar-refractivity contribution in [1.29, 1.82) is 0 Å². The highest BCUT2D eigenvalue weighted by Crippen LogP contribution is 2.19. The van der Waals surface area contributed by atoms with E-state index in [1.54, 1.807) is 0 Å². The largest absolute Gasteiger partial charge is 0.105 e. The molecule has 0 aliphatic heterocycles. The summed E-state index contributed by atoms with van der Waals surface area (Å²) in [5, 5.41) is 3.99. The average molecular weight is 188 g/mol. The van der Waals surface area contributed by atoms with Gasteiger partial charge in [-0.1, -0.05) is 24.3 Å². The summed E-state index contributed by atoms with van der Waals surface area (Å²) >= 11 is 0. The van der Waals surface area contributed by atoms with Gasteiger partial charge in [0.05, 0.1) is 0 Å². The van der Waals surface area contributed by atoms with Crippen molar-refractivity contribution in [2.75, 3.05) is 0 Å². The number of rotatable bonds is 0. The van der Waals surface area contributed by atoms with Gasteiger partial charge in [-0.25, -0.2) is 0 Å². The molecule has 2 aromatic rings. The molecule has 0 amide bonds. The van der Waals surface area contributed by atoms with Crippen LogP contribution in [0, 0.1) is 13.8 Å². The van der Waals surface area contributed by atoms with Crippen LogP contribution >= 0.6 is 9.24 Å². The molecule has 2 aromatic carbocycles. The van der Waals surface area contributed by atoms with Gasteiger partial charge < -0.3 is 0 Å². The molecule has 1 unspecified atom stereocenters. The van der Waals surface area contributed by atoms with Crippen LogP contribution in [0.5, 0.6) is 0 Å². The molecule has 0 radical (unpaired) electrons. The Morgan fingerprint density at radius 2 is 1.77 bits per heavy atom. The van der Waals surface area contributed by atoms with E-state index in [0.717, 1.165) is 0 Å². The van der Waals surface area contributed by atoms with E-state index in [-0.39, 0.29) is 0 Å². The lowest BCUT2D eigenvalue weighted by molar-refractivity contribution is 1.50. The SMILES string of the molecule is Cc1cc2cccc(C)c2cc1P. The van der Waals surface area contributed by atoms with Gasteiger partial charge in [-0.3, -0.25) is 0 Å². The van der Waals surface area contributed by atoms with E-state index in [4.69, 9.17) is 0 Å². The molecular formula is C12H13P. The number of hydrogen-bond acceptors (Lipinski definition) is 0. The van der Waals surface area contributed by atoms with Crippen molar-refractivity contribution < 1.29 is 0 Å². The van der Waals surface area contributed by atoms with E-state index in [1.807, 2.05) is 0 Å². The van der Waals surface area contributed by atoms with Crippen LogP contribution in [0.1, 0.15) is 11.1 Å². The van der Waals surface area contributed by atoms with Gasteiger partial charge in [0.2, 0.25) is 0 Å². The minimum Gasteiger partial charge on any atom is -0.105 e. The first-order chi connectivity index (χ1) is 6.18. The maximum atomic E-state index is 2.78. The molecule has 0 heterocycles. The van der Waals surface area contributed by atoms with Crippen LogP contribution in [0.15, 0.2) is 30.3 Å². The fourth-order valence-electron chi connectivity index (χ4n) is 1.61. The van der Waals surface area contributed by atoms with E-state index in [9.17, 15) is 0 Å². The zero-order chi connectivity index (χ0) is 9.42. The van der Waals surface area contributed by atoms with Crippen LogP contribution in [-0.2, 0) is 0 Å². The summed E-state index contributed by atoms with van der Waals surface area (Å²) in [4.78, 5) is 0. The Kier molecular flexibility index (Phi) is 2.09. The van der Waals surface area contributed by atoms with Crippen molar-refractivity contribution in [3.8, 4) is 0 Å². The summed E-state index contributed by atoms with van der Waals surface area (Å²) in [6.45, 7) is 4.30. The molecule has 0 bridgehead atoms. The third kappa shape index (κ3) is 1.47. The highest BCUT2D eigenvalue weighted by molar-refractivity contribution is 7.27. The van der Waals surface area contributed by atoms with Crippen molar-refractivity contribution in [3.05, 3.63) is 41.5 Å². The van der Waals surface area contributed by atoms with E-state index < -0.39 is 0 Å². The number of hydrogen-bond donors (Lipinski definition) is 0. The summed E-state index contributed by atoms with van der Waals surface area (Å²) in [6.07, 6.45) is 0. The monoisotopic (exact) mass is 188 g/mol. The van der Waals surface area contributed by atoms with E-state index in [0.29, 0.717) is 0 Å². The normalized spacial score (nSPS) is 10.7. The van der Waals surface area contributed by atoms with Gasteiger partial charge in [0, 0.05) is 0 Å². The van der Waals surface area contributed by atoms with Crippen LogP contribution in [0.2, 0.25) is 0 Å². The zero-order valence-electron chi connectivity index (χ0n) is 7.96. The minimum atomic E-state index is 1.29. The Morgan fingerprint density at radius 1 is 1.00 bits per heavy atom. The Morgan fingerprint density at radius 3 is 2.54 bits per heavy atom. The van der Waals surface area contributed by atoms with Crippen molar-refractivity contribution in [2.45, 2.75) is 13.8 Å². The van der Waals surface area contributed by atoms with Crippen LogP contribution in [0.3, 0.4) is 0 Å². The maximum absolute atomic E-state index is 2.78. The van der Waals surface area contributed by atoms with Crippen molar-refractivity contribution >= 4 is 25.3 Å². The maximum Gasteiger partial charge on any atom is -0.0148 e. The predicted molar refractivity (Wildman–Crippen MR) is 62.8 cm³/mol. The second kappa shape index (κ2) is 3.12. The van der Waals surface area contributed by atoms with Crippen LogP contribution in [-0.4, -0.2) is 0 Å². The van der Waals surface area contributed by atoms with Gasteiger partial charge >= 0.3 is 0 Å². The molecule has 2 rings (SSSR count). The Hall–Kier alpha value is -0.870. The van der Waals surface area contributed by atoms with Crippen LogP contribution < -0.4 is 5.30 Å². The lowest BCUT2D eigenvalue weighted by atomic mass is 10.0. The molecule has 0 N–H and O–H groups in total. The van der Waals surface area contributed by atoms with E-state index in [2.05, 4.69) is 53.4 Å². The third-order valence-electron chi connectivity index (χ3n) is 2.49. The number of fused-ring (bicyclic) bond motifs is 1. The molecule has 1 atom stereocenters. The smallest absolute Gasteiger partial charge is 0.0148 e. The average Bonchev–Trinajstić information content (AvgIpc) is 2.09. The second-order valence-corrected chi connectivity index (χ2v) is 4.13. The quantitative estimate of drug-likeness (QED) is 0.557. The number of benzene rings is 2. The molecular weight excluding hydrogens is 175 g/mol. The predicted octanol–water partition coefficient (Wildman–Crippen LogP) is 2.96.